The van der Waals surface area contributed by atoms with Crippen LogP contribution in [0, 0.1) is 17.7 Å². The number of carbonyl (C=O) groups is 1. The first-order valence-electron chi connectivity index (χ1n) is 17.8. The predicted octanol–water partition coefficient (Wildman–Crippen LogP) is 6.33. The van der Waals surface area contributed by atoms with Crippen molar-refractivity contribution in [3.05, 3.63) is 59.9 Å². The van der Waals surface area contributed by atoms with E-state index >= 15 is 0 Å². The number of nitrogens with two attached hydrogens (primary N) is 1. The highest BCUT2D eigenvalue weighted by atomic mass is 19.4. The van der Waals surface area contributed by atoms with E-state index in [1.807, 2.05) is 13.0 Å². The third-order valence-electron chi connectivity index (χ3n) is 10.7. The van der Waals surface area contributed by atoms with Crippen molar-refractivity contribution in [2.75, 3.05) is 63.1 Å². The summed E-state index contributed by atoms with van der Waals surface area (Å²) in [6, 6.07) is 5.30. The Morgan fingerprint density at radius 2 is 1.79 bits per heavy atom. The molecule has 6 rings (SSSR count). The van der Waals surface area contributed by atoms with Crippen molar-refractivity contribution in [1.82, 2.24) is 19.8 Å². The summed E-state index contributed by atoms with van der Waals surface area (Å²) in [7, 11) is 0. The average Bonchev–Trinajstić information content (AvgIpc) is 3.08. The number of nitrogen functional groups attached to an aromatic ring is 1. The van der Waals surface area contributed by atoms with E-state index in [0.29, 0.717) is 109 Å². The molecule has 1 spiro atoms. The van der Waals surface area contributed by atoms with Crippen LogP contribution < -0.4 is 15.4 Å². The van der Waals surface area contributed by atoms with Gasteiger partial charge in [0.25, 0.3) is 0 Å². The second-order valence-corrected chi connectivity index (χ2v) is 15.2. The number of likely N-dealkylation sites (tertiary alicyclic amines) is 2. The van der Waals surface area contributed by atoms with Gasteiger partial charge in [-0.15, -0.1) is 0 Å². The van der Waals surface area contributed by atoms with Crippen LogP contribution in [0.3, 0.4) is 0 Å². The number of hydrogen-bond donors (Lipinski definition) is 3. The Hall–Kier alpha value is -4.49. The van der Waals surface area contributed by atoms with Crippen LogP contribution in [0.25, 0.3) is 28.1 Å². The molecule has 0 saturated carbocycles. The van der Waals surface area contributed by atoms with Gasteiger partial charge in [-0.2, -0.15) is 13.2 Å². The fourth-order valence-electron chi connectivity index (χ4n) is 8.08. The van der Waals surface area contributed by atoms with Crippen molar-refractivity contribution in [3.63, 3.8) is 0 Å². The molecule has 0 atom stereocenters. The van der Waals surface area contributed by atoms with E-state index in [-0.39, 0.29) is 28.5 Å². The normalized spacial score (nSPS) is 18.4. The van der Waals surface area contributed by atoms with Crippen molar-refractivity contribution in [2.24, 2.45) is 5.41 Å². The first-order chi connectivity index (χ1) is 24.5. The van der Waals surface area contributed by atoms with Gasteiger partial charge in [-0.1, -0.05) is 25.3 Å². The molecule has 278 valence electrons. The van der Waals surface area contributed by atoms with Crippen LogP contribution in [0.2, 0.25) is 0 Å². The molecule has 3 fully saturated rings. The molecule has 3 aromatic rings. The summed E-state index contributed by atoms with van der Waals surface area (Å²) in [5.74, 6) is 0.940. The van der Waals surface area contributed by atoms with Crippen molar-refractivity contribution < 1.29 is 27.8 Å². The second-order valence-electron chi connectivity index (χ2n) is 15.2. The van der Waals surface area contributed by atoms with Crippen LogP contribution >= 0.6 is 0 Å². The maximum atomic E-state index is 14.0. The molecule has 52 heavy (non-hydrogen) atoms. The molecule has 0 aliphatic carbocycles. The Balaban J connectivity index is 1.51. The summed E-state index contributed by atoms with van der Waals surface area (Å²) in [5, 5.41) is 19.2. The molecule has 1 aromatic heterocycles. The van der Waals surface area contributed by atoms with Crippen LogP contribution in [0.15, 0.2) is 37.4 Å². The summed E-state index contributed by atoms with van der Waals surface area (Å²) in [5.41, 5.74) is 8.43. The number of hydrogen-bond acceptors (Lipinski definition) is 9. The number of ether oxygens (including phenoxy) is 1. The lowest BCUT2D eigenvalue weighted by molar-refractivity contribution is -0.153. The number of anilines is 2. The van der Waals surface area contributed by atoms with Gasteiger partial charge in [-0.05, 0) is 94.4 Å². The number of benzene rings is 2. The molecule has 4 N–H and O–H groups in total. The highest BCUT2D eigenvalue weighted by Gasteiger charge is 2.46. The molecule has 13 heteroatoms. The van der Waals surface area contributed by atoms with E-state index < -0.39 is 18.4 Å². The Bertz CT molecular complexity index is 1880. The number of alkyl halides is 3. The van der Waals surface area contributed by atoms with Crippen LogP contribution in [-0.2, 0) is 4.79 Å². The van der Waals surface area contributed by atoms with Crippen molar-refractivity contribution in [1.29, 1.82) is 5.41 Å². The van der Waals surface area contributed by atoms with Gasteiger partial charge in [-0.25, -0.2) is 9.97 Å². The number of fused-ring (bicyclic) bond motifs is 1. The zero-order valence-electron chi connectivity index (χ0n) is 30.2. The topological polar surface area (TPSA) is 132 Å². The lowest BCUT2D eigenvalue weighted by Crippen LogP contribution is -2.61. The number of rotatable bonds is 10. The van der Waals surface area contributed by atoms with E-state index in [1.54, 1.807) is 37.0 Å². The molecule has 3 aliphatic heterocycles. The quantitative estimate of drug-likeness (QED) is 0.126. The van der Waals surface area contributed by atoms with Gasteiger partial charge < -0.3 is 35.7 Å². The summed E-state index contributed by atoms with van der Waals surface area (Å²) in [6.45, 7) is 16.0. The number of nitrogens with zero attached hydrogens (tertiary/aromatic N) is 5. The molecule has 3 saturated heterocycles. The van der Waals surface area contributed by atoms with E-state index in [9.17, 15) is 23.1 Å². The van der Waals surface area contributed by atoms with Gasteiger partial charge in [0.05, 0.1) is 5.60 Å². The highest BCUT2D eigenvalue weighted by molar-refractivity contribution is 6.06. The van der Waals surface area contributed by atoms with Crippen molar-refractivity contribution in [2.45, 2.75) is 64.1 Å². The molecule has 4 heterocycles. The SMILES string of the molecule is C=CC(=O)N1CC2(CCN(c3nc(C4CCN(CC(C)(C)O)CC4)nc4c(OCC(F)(F)F)c(-c5c(C)ccc(N)c5C=N)c(C=C)cc34)CC2)C1. The Morgan fingerprint density at radius 1 is 1.12 bits per heavy atom. The number of amides is 1. The van der Waals surface area contributed by atoms with Gasteiger partial charge in [0.1, 0.15) is 17.2 Å². The number of nitrogens with one attached hydrogen (secondary N) is 1. The van der Waals surface area contributed by atoms with Crippen LogP contribution in [0.1, 0.15) is 68.0 Å². The van der Waals surface area contributed by atoms with Crippen LogP contribution in [0.4, 0.5) is 24.7 Å². The summed E-state index contributed by atoms with van der Waals surface area (Å²) in [4.78, 5) is 28.6. The standard InChI is InChI=1S/C39H48F3N7O3/c1-6-25-18-27-33(34(52-23-39(40,41)42)32(25)31-24(3)8-9-29(44)28(31)19-43)45-35(26-10-14-47(15-11-26)20-37(4,5)51)46-36(27)48-16-12-38(13-17-48)21-49(22-38)30(50)7-2/h6-9,18-19,26,43,51H,1-2,10-17,20-23,44H2,3-5H3. The van der Waals surface area contributed by atoms with Gasteiger partial charge in [-0.3, -0.25) is 4.79 Å². The third-order valence-corrected chi connectivity index (χ3v) is 10.7. The van der Waals surface area contributed by atoms with Gasteiger partial charge >= 0.3 is 6.18 Å². The van der Waals surface area contributed by atoms with E-state index in [4.69, 9.17) is 25.8 Å². The largest absolute Gasteiger partial charge is 0.481 e. The van der Waals surface area contributed by atoms with Crippen molar-refractivity contribution in [3.8, 4) is 16.9 Å². The Labute approximate surface area is 302 Å². The third kappa shape index (κ3) is 7.52. The smallest absolute Gasteiger partial charge is 0.422 e. The fraction of sp³-hybridized carbons (Fsp3) is 0.487. The molecule has 0 unspecified atom stereocenters. The maximum absolute atomic E-state index is 14.0. The minimum absolute atomic E-state index is 0.00248. The first kappa shape index (κ1) is 37.3. The number of aromatic nitrogens is 2. The molecule has 2 aromatic carbocycles. The number of aryl methyl sites for hydroxylation is 1. The van der Waals surface area contributed by atoms with Crippen LogP contribution in [-0.4, -0.2) is 101 Å². The number of halogens is 3. The Kier molecular flexibility index (Phi) is 10.1. The lowest BCUT2D eigenvalue weighted by atomic mass is 9.72. The predicted molar refractivity (Wildman–Crippen MR) is 199 cm³/mol. The molecular formula is C39H48F3N7O3. The van der Waals surface area contributed by atoms with Crippen molar-refractivity contribution >= 4 is 40.6 Å². The minimum atomic E-state index is -4.64. The van der Waals surface area contributed by atoms with Crippen LogP contribution in [0.5, 0.6) is 5.75 Å². The number of β-amino-alcohol motifs (C(OH)–C–C–N with tert-alkyl or cyclic N) is 1. The molecule has 3 aliphatic rings. The summed E-state index contributed by atoms with van der Waals surface area (Å²) >= 11 is 0. The van der Waals surface area contributed by atoms with E-state index in [1.165, 1.54) is 6.08 Å². The monoisotopic (exact) mass is 719 g/mol. The zero-order valence-corrected chi connectivity index (χ0v) is 30.2. The minimum Gasteiger partial charge on any atom is -0.481 e. The molecule has 0 bridgehead atoms. The lowest BCUT2D eigenvalue weighted by Gasteiger charge is -2.54. The van der Waals surface area contributed by atoms with Gasteiger partial charge in [0, 0.05) is 72.5 Å². The Morgan fingerprint density at radius 3 is 2.37 bits per heavy atom. The molecule has 10 nitrogen and oxygen atoms in total. The van der Waals surface area contributed by atoms with Gasteiger partial charge in [0.15, 0.2) is 12.4 Å². The van der Waals surface area contributed by atoms with Gasteiger partial charge in [0.2, 0.25) is 5.91 Å². The molecular weight excluding hydrogens is 671 g/mol. The summed E-state index contributed by atoms with van der Waals surface area (Å²) in [6.07, 6.45) is 2.43. The average molecular weight is 720 g/mol. The second kappa shape index (κ2) is 14.1. The fourth-order valence-corrected chi connectivity index (χ4v) is 8.08. The number of piperidine rings is 2. The molecule has 1 amide bonds. The maximum Gasteiger partial charge on any atom is 0.422 e. The number of carbonyl (C=O) groups excluding carboxylic acids is 1. The van der Waals surface area contributed by atoms with E-state index in [2.05, 4.69) is 23.0 Å². The highest BCUT2D eigenvalue weighted by Crippen LogP contribution is 2.48. The zero-order chi connectivity index (χ0) is 37.6. The summed E-state index contributed by atoms with van der Waals surface area (Å²) < 4.78 is 47.7. The number of aliphatic hydroxyl groups is 1. The van der Waals surface area contributed by atoms with E-state index in [0.717, 1.165) is 19.1 Å². The first-order valence-corrected chi connectivity index (χ1v) is 17.8. The molecule has 0 radical (unpaired) electrons.